The Kier molecular flexibility index (Phi) is 3.90. The summed E-state index contributed by atoms with van der Waals surface area (Å²) in [4.78, 5) is 24.3. The molecule has 0 unspecified atom stereocenters. The highest BCUT2D eigenvalue weighted by atomic mass is 19.2. The van der Waals surface area contributed by atoms with Gasteiger partial charge in [0.15, 0.2) is 23.3 Å². The highest BCUT2D eigenvalue weighted by molar-refractivity contribution is 5.94. The third-order valence-corrected chi connectivity index (χ3v) is 3.73. The quantitative estimate of drug-likeness (QED) is 0.282. The molecule has 1 fully saturated rings. The Morgan fingerprint density at radius 3 is 2.42 bits per heavy atom. The van der Waals surface area contributed by atoms with Gasteiger partial charge in [-0.2, -0.15) is 0 Å². The number of fused-ring (bicyclic) bond motifs is 1. The molecule has 1 aliphatic rings. The molecule has 0 N–H and O–H groups in total. The summed E-state index contributed by atoms with van der Waals surface area (Å²) < 4.78 is 61.1. The van der Waals surface area contributed by atoms with E-state index in [0.29, 0.717) is 12.8 Å². The lowest BCUT2D eigenvalue weighted by molar-refractivity contribution is 0.0547. The predicted molar refractivity (Wildman–Crippen MR) is 76.8 cm³/mol. The average molecular weight is 341 g/mol. The number of esters is 1. The normalized spacial score (nSPS) is 14.0. The number of aromatic nitrogens is 1. The molecule has 0 spiro atoms. The van der Waals surface area contributed by atoms with Crippen LogP contribution in [0.15, 0.2) is 23.6 Å². The molecule has 0 saturated heterocycles. The molecule has 0 bridgehead atoms. The lowest BCUT2D eigenvalue weighted by Crippen LogP contribution is -2.23. The zero-order chi connectivity index (χ0) is 17.6. The SMILES string of the molecule is C=CCOC(=O)c1cn(C2CC2)c2c(F)c(F)c(F)c(F)c2c1=O. The lowest BCUT2D eigenvalue weighted by Gasteiger charge is -2.14. The second-order valence-corrected chi connectivity index (χ2v) is 5.38. The fourth-order valence-electron chi connectivity index (χ4n) is 2.47. The minimum atomic E-state index is -2.10. The van der Waals surface area contributed by atoms with Gasteiger partial charge in [0.05, 0.1) is 10.9 Å². The van der Waals surface area contributed by atoms with Gasteiger partial charge in [0, 0.05) is 12.2 Å². The molecule has 1 aliphatic carbocycles. The van der Waals surface area contributed by atoms with Gasteiger partial charge >= 0.3 is 5.97 Å². The number of benzene rings is 1. The molecule has 8 heteroatoms. The van der Waals surface area contributed by atoms with Gasteiger partial charge in [-0.25, -0.2) is 22.4 Å². The van der Waals surface area contributed by atoms with Crippen LogP contribution >= 0.6 is 0 Å². The second kappa shape index (κ2) is 5.77. The van der Waals surface area contributed by atoms with E-state index in [1.54, 1.807) is 0 Å². The van der Waals surface area contributed by atoms with Crippen LogP contribution < -0.4 is 5.43 Å². The summed E-state index contributed by atoms with van der Waals surface area (Å²) in [6.45, 7) is 3.14. The van der Waals surface area contributed by atoms with Gasteiger partial charge in [0.25, 0.3) is 0 Å². The fourth-order valence-corrected chi connectivity index (χ4v) is 2.47. The maximum atomic E-state index is 14.1. The van der Waals surface area contributed by atoms with E-state index in [9.17, 15) is 27.2 Å². The van der Waals surface area contributed by atoms with Crippen molar-refractivity contribution < 1.29 is 27.1 Å². The van der Waals surface area contributed by atoms with E-state index in [1.807, 2.05) is 0 Å². The van der Waals surface area contributed by atoms with Gasteiger partial charge in [-0.3, -0.25) is 4.79 Å². The summed E-state index contributed by atoms with van der Waals surface area (Å²) >= 11 is 0. The molecule has 0 atom stereocenters. The molecule has 1 aromatic heterocycles. The summed E-state index contributed by atoms with van der Waals surface area (Å²) in [6, 6.07) is -0.335. The molecular weight excluding hydrogens is 330 g/mol. The molecule has 126 valence electrons. The first kappa shape index (κ1) is 16.2. The van der Waals surface area contributed by atoms with E-state index in [-0.39, 0.29) is 12.6 Å². The number of nitrogens with zero attached hydrogens (tertiary/aromatic N) is 1. The topological polar surface area (TPSA) is 48.3 Å². The molecule has 0 amide bonds. The number of halogens is 4. The smallest absolute Gasteiger partial charge is 0.343 e. The van der Waals surface area contributed by atoms with Gasteiger partial charge in [-0.1, -0.05) is 12.7 Å². The minimum Gasteiger partial charge on any atom is -0.458 e. The van der Waals surface area contributed by atoms with E-state index in [2.05, 4.69) is 6.58 Å². The Bertz CT molecular complexity index is 932. The minimum absolute atomic E-state index is 0.200. The largest absolute Gasteiger partial charge is 0.458 e. The fraction of sp³-hybridized carbons (Fsp3) is 0.250. The lowest BCUT2D eigenvalue weighted by atomic mass is 10.1. The Morgan fingerprint density at radius 1 is 1.21 bits per heavy atom. The molecule has 1 heterocycles. The van der Waals surface area contributed by atoms with Crippen molar-refractivity contribution in [1.29, 1.82) is 0 Å². The number of carbonyl (C=O) groups excluding carboxylic acids is 1. The zero-order valence-corrected chi connectivity index (χ0v) is 12.2. The third-order valence-electron chi connectivity index (χ3n) is 3.73. The van der Waals surface area contributed by atoms with Gasteiger partial charge < -0.3 is 9.30 Å². The standard InChI is InChI=1S/C16H11F4NO3/c1-2-5-24-16(23)8-6-21(7-3-4-7)14-9(15(8)22)10(17)11(18)12(19)13(14)20/h2,6-7H,1,3-5H2. The van der Waals surface area contributed by atoms with Crippen LogP contribution in [0.2, 0.25) is 0 Å². The molecular formula is C16H11F4NO3. The van der Waals surface area contributed by atoms with Crippen LogP contribution in [0, 0.1) is 23.3 Å². The van der Waals surface area contributed by atoms with Crippen molar-refractivity contribution in [2.45, 2.75) is 18.9 Å². The van der Waals surface area contributed by atoms with Crippen molar-refractivity contribution in [2.24, 2.45) is 0 Å². The van der Waals surface area contributed by atoms with E-state index in [0.717, 1.165) is 10.8 Å². The average Bonchev–Trinajstić information content (AvgIpc) is 3.40. The van der Waals surface area contributed by atoms with Gasteiger partial charge in [-0.15, -0.1) is 0 Å². The first-order chi connectivity index (χ1) is 11.4. The molecule has 0 radical (unpaired) electrons. The summed E-state index contributed by atoms with van der Waals surface area (Å²) in [5.74, 6) is -8.69. The number of hydrogen-bond donors (Lipinski definition) is 0. The van der Waals surface area contributed by atoms with Crippen LogP contribution in [0.4, 0.5) is 17.6 Å². The second-order valence-electron chi connectivity index (χ2n) is 5.38. The predicted octanol–water partition coefficient (Wildman–Crippen LogP) is 3.24. The summed E-state index contributed by atoms with van der Waals surface area (Å²) in [5.41, 5.74) is -2.54. The van der Waals surface area contributed by atoms with E-state index < -0.39 is 51.1 Å². The molecule has 1 saturated carbocycles. The first-order valence-electron chi connectivity index (χ1n) is 7.07. The molecule has 24 heavy (non-hydrogen) atoms. The summed E-state index contributed by atoms with van der Waals surface area (Å²) in [6.07, 6.45) is 3.39. The number of carbonyl (C=O) groups is 1. The maximum Gasteiger partial charge on any atom is 0.343 e. The van der Waals surface area contributed by atoms with Gasteiger partial charge in [0.1, 0.15) is 12.2 Å². The Morgan fingerprint density at radius 2 is 1.83 bits per heavy atom. The number of pyridine rings is 1. The number of ether oxygens (including phenoxy) is 1. The van der Waals surface area contributed by atoms with E-state index >= 15 is 0 Å². The Hall–Kier alpha value is -2.64. The number of hydrogen-bond acceptors (Lipinski definition) is 3. The summed E-state index contributed by atoms with van der Waals surface area (Å²) in [7, 11) is 0. The van der Waals surface area contributed by atoms with Crippen LogP contribution in [-0.2, 0) is 4.74 Å². The maximum absolute atomic E-state index is 14.1. The van der Waals surface area contributed by atoms with Crippen LogP contribution in [0.5, 0.6) is 0 Å². The van der Waals surface area contributed by atoms with Crippen molar-refractivity contribution in [3.63, 3.8) is 0 Å². The molecule has 0 aliphatic heterocycles. The van der Waals surface area contributed by atoms with Gasteiger partial charge in [-0.05, 0) is 12.8 Å². The van der Waals surface area contributed by atoms with Crippen LogP contribution in [0.1, 0.15) is 29.2 Å². The van der Waals surface area contributed by atoms with Crippen molar-refractivity contribution >= 4 is 16.9 Å². The van der Waals surface area contributed by atoms with Gasteiger partial charge in [0.2, 0.25) is 5.43 Å². The van der Waals surface area contributed by atoms with Crippen molar-refractivity contribution in [3.8, 4) is 0 Å². The highest BCUT2D eigenvalue weighted by Gasteiger charge is 2.32. The van der Waals surface area contributed by atoms with Crippen molar-refractivity contribution in [1.82, 2.24) is 4.57 Å². The third kappa shape index (κ3) is 2.38. The first-order valence-corrected chi connectivity index (χ1v) is 7.07. The summed E-state index contributed by atoms with van der Waals surface area (Å²) in [5, 5.41) is -1.01. The Labute approximate surface area is 133 Å². The van der Waals surface area contributed by atoms with Crippen molar-refractivity contribution in [2.75, 3.05) is 6.61 Å². The Balaban J connectivity index is 2.38. The van der Waals surface area contributed by atoms with Crippen LogP contribution in [-0.4, -0.2) is 17.1 Å². The molecule has 1 aromatic carbocycles. The zero-order valence-electron chi connectivity index (χ0n) is 12.2. The highest BCUT2D eigenvalue weighted by Crippen LogP contribution is 2.38. The van der Waals surface area contributed by atoms with Crippen LogP contribution in [0.3, 0.4) is 0 Å². The van der Waals surface area contributed by atoms with E-state index in [4.69, 9.17) is 4.74 Å². The molecule has 2 aromatic rings. The van der Waals surface area contributed by atoms with Crippen LogP contribution in [0.25, 0.3) is 10.9 Å². The molecule has 3 rings (SSSR count). The van der Waals surface area contributed by atoms with Crippen molar-refractivity contribution in [3.05, 3.63) is 57.9 Å². The number of rotatable bonds is 4. The van der Waals surface area contributed by atoms with E-state index in [1.165, 1.54) is 6.08 Å². The monoisotopic (exact) mass is 341 g/mol. The molecule has 4 nitrogen and oxygen atoms in total.